The van der Waals surface area contributed by atoms with E-state index >= 15 is 0 Å². The van der Waals surface area contributed by atoms with Crippen molar-refractivity contribution in [2.24, 2.45) is 11.7 Å². The van der Waals surface area contributed by atoms with Crippen LogP contribution in [0.25, 0.3) is 0 Å². The van der Waals surface area contributed by atoms with Crippen LogP contribution in [0.15, 0.2) is 0 Å². The molecule has 4 heteroatoms. The fourth-order valence-electron chi connectivity index (χ4n) is 2.04. The standard InChI is InChI=1S/C11H19NO3/c1-15-11(14)9(12)7-10(13)8-5-3-2-4-6-8/h8-9H,2-7,12H2,1H3. The highest BCUT2D eigenvalue weighted by Gasteiger charge is 2.25. The van der Waals surface area contributed by atoms with E-state index in [9.17, 15) is 9.59 Å². The second kappa shape index (κ2) is 5.85. The van der Waals surface area contributed by atoms with Crippen molar-refractivity contribution in [3.8, 4) is 0 Å². The summed E-state index contributed by atoms with van der Waals surface area (Å²) in [6, 6.07) is -0.788. The molecule has 0 saturated heterocycles. The topological polar surface area (TPSA) is 69.4 Å². The summed E-state index contributed by atoms with van der Waals surface area (Å²) in [4.78, 5) is 22.8. The van der Waals surface area contributed by atoms with Gasteiger partial charge < -0.3 is 10.5 Å². The Morgan fingerprint density at radius 3 is 2.47 bits per heavy atom. The molecule has 1 saturated carbocycles. The summed E-state index contributed by atoms with van der Waals surface area (Å²) in [6.45, 7) is 0. The van der Waals surface area contributed by atoms with Crippen LogP contribution in [0.3, 0.4) is 0 Å². The number of hydrogen-bond acceptors (Lipinski definition) is 4. The maximum Gasteiger partial charge on any atom is 0.323 e. The third-order valence-corrected chi connectivity index (χ3v) is 2.99. The lowest BCUT2D eigenvalue weighted by Crippen LogP contribution is -2.35. The molecule has 15 heavy (non-hydrogen) atoms. The van der Waals surface area contributed by atoms with Crippen molar-refractivity contribution in [3.05, 3.63) is 0 Å². The monoisotopic (exact) mass is 213 g/mol. The van der Waals surface area contributed by atoms with Gasteiger partial charge in [0.2, 0.25) is 0 Å². The second-order valence-corrected chi connectivity index (χ2v) is 4.14. The van der Waals surface area contributed by atoms with Crippen molar-refractivity contribution in [2.45, 2.75) is 44.6 Å². The number of ether oxygens (including phenoxy) is 1. The largest absolute Gasteiger partial charge is 0.468 e. The molecule has 1 atom stereocenters. The number of hydrogen-bond donors (Lipinski definition) is 1. The van der Waals surface area contributed by atoms with Crippen LogP contribution in [0.1, 0.15) is 38.5 Å². The van der Waals surface area contributed by atoms with Gasteiger partial charge in [-0.2, -0.15) is 0 Å². The number of ketones is 1. The van der Waals surface area contributed by atoms with E-state index in [1.54, 1.807) is 0 Å². The maximum absolute atomic E-state index is 11.7. The van der Waals surface area contributed by atoms with Gasteiger partial charge in [0.1, 0.15) is 11.8 Å². The van der Waals surface area contributed by atoms with E-state index in [1.807, 2.05) is 0 Å². The van der Waals surface area contributed by atoms with Gasteiger partial charge in [-0.3, -0.25) is 9.59 Å². The summed E-state index contributed by atoms with van der Waals surface area (Å²) < 4.78 is 4.48. The Balaban J connectivity index is 2.36. The number of carbonyl (C=O) groups excluding carboxylic acids is 2. The molecule has 1 rings (SSSR count). The predicted molar refractivity (Wildman–Crippen MR) is 56.2 cm³/mol. The quantitative estimate of drug-likeness (QED) is 0.708. The average molecular weight is 213 g/mol. The Morgan fingerprint density at radius 2 is 1.93 bits per heavy atom. The number of rotatable bonds is 4. The zero-order valence-electron chi connectivity index (χ0n) is 9.20. The van der Waals surface area contributed by atoms with Crippen molar-refractivity contribution in [1.29, 1.82) is 0 Å². The molecule has 0 amide bonds. The van der Waals surface area contributed by atoms with Crippen LogP contribution in [0.4, 0.5) is 0 Å². The molecule has 0 radical (unpaired) electrons. The Morgan fingerprint density at radius 1 is 1.33 bits per heavy atom. The van der Waals surface area contributed by atoms with Crippen LogP contribution in [0.2, 0.25) is 0 Å². The van der Waals surface area contributed by atoms with Crippen molar-refractivity contribution < 1.29 is 14.3 Å². The predicted octanol–water partition coefficient (Wildman–Crippen LogP) is 1.03. The van der Waals surface area contributed by atoms with Crippen LogP contribution in [0.5, 0.6) is 0 Å². The molecule has 0 aromatic heterocycles. The summed E-state index contributed by atoms with van der Waals surface area (Å²) in [5.74, 6) is -0.263. The third kappa shape index (κ3) is 3.63. The molecule has 0 aromatic carbocycles. The van der Waals surface area contributed by atoms with Crippen molar-refractivity contribution in [3.63, 3.8) is 0 Å². The molecule has 0 heterocycles. The minimum absolute atomic E-state index is 0.118. The Hall–Kier alpha value is -0.900. The fraction of sp³-hybridized carbons (Fsp3) is 0.818. The van der Waals surface area contributed by atoms with Gasteiger partial charge in [0.15, 0.2) is 0 Å². The van der Waals surface area contributed by atoms with E-state index in [2.05, 4.69) is 4.74 Å². The summed E-state index contributed by atoms with van der Waals surface area (Å²) in [6.07, 6.45) is 5.47. The lowest BCUT2D eigenvalue weighted by Gasteiger charge is -2.21. The van der Waals surface area contributed by atoms with Gasteiger partial charge in [-0.15, -0.1) is 0 Å². The molecule has 0 spiro atoms. The van der Waals surface area contributed by atoms with Gasteiger partial charge in [-0.25, -0.2) is 0 Å². The van der Waals surface area contributed by atoms with Crippen LogP contribution in [-0.2, 0) is 14.3 Å². The minimum atomic E-state index is -0.788. The summed E-state index contributed by atoms with van der Waals surface area (Å²) in [7, 11) is 1.28. The van der Waals surface area contributed by atoms with Crippen LogP contribution >= 0.6 is 0 Å². The molecular formula is C11H19NO3. The van der Waals surface area contributed by atoms with Crippen LogP contribution in [0, 0.1) is 5.92 Å². The number of esters is 1. The normalized spacial score (nSPS) is 19.6. The first-order chi connectivity index (χ1) is 7.15. The Labute approximate surface area is 90.2 Å². The fourth-order valence-corrected chi connectivity index (χ4v) is 2.04. The van der Waals surface area contributed by atoms with Crippen LogP contribution < -0.4 is 5.73 Å². The molecule has 4 nitrogen and oxygen atoms in total. The van der Waals surface area contributed by atoms with Gasteiger partial charge in [-0.05, 0) is 12.8 Å². The average Bonchev–Trinajstić information content (AvgIpc) is 2.29. The molecule has 0 aromatic rings. The van der Waals surface area contributed by atoms with Crippen molar-refractivity contribution in [1.82, 2.24) is 0 Å². The van der Waals surface area contributed by atoms with E-state index in [0.29, 0.717) is 0 Å². The van der Waals surface area contributed by atoms with E-state index < -0.39 is 12.0 Å². The highest BCUT2D eigenvalue weighted by atomic mass is 16.5. The first-order valence-electron chi connectivity index (χ1n) is 5.51. The summed E-state index contributed by atoms with van der Waals surface area (Å²) >= 11 is 0. The number of methoxy groups -OCH3 is 1. The van der Waals surface area contributed by atoms with Gasteiger partial charge in [0.25, 0.3) is 0 Å². The molecule has 86 valence electrons. The van der Waals surface area contributed by atoms with Crippen molar-refractivity contribution >= 4 is 11.8 Å². The summed E-state index contributed by atoms with van der Waals surface area (Å²) in [5.41, 5.74) is 5.54. The highest BCUT2D eigenvalue weighted by Crippen LogP contribution is 2.25. The molecule has 1 fully saturated rings. The Kier molecular flexibility index (Phi) is 4.75. The van der Waals surface area contributed by atoms with Crippen LogP contribution in [-0.4, -0.2) is 24.9 Å². The zero-order valence-corrected chi connectivity index (χ0v) is 9.20. The van der Waals surface area contributed by atoms with Gasteiger partial charge >= 0.3 is 5.97 Å². The van der Waals surface area contributed by atoms with Gasteiger partial charge in [-0.1, -0.05) is 19.3 Å². The number of Topliss-reactive ketones (excluding diaryl/α,β-unsaturated/α-hetero) is 1. The Bertz CT molecular complexity index is 234. The molecule has 1 aliphatic rings. The molecule has 0 aliphatic heterocycles. The maximum atomic E-state index is 11.7. The van der Waals surface area contributed by atoms with Crippen molar-refractivity contribution in [2.75, 3.05) is 7.11 Å². The van der Waals surface area contributed by atoms with E-state index in [4.69, 9.17) is 5.73 Å². The number of nitrogens with two attached hydrogens (primary N) is 1. The molecule has 2 N–H and O–H groups in total. The molecule has 1 aliphatic carbocycles. The lowest BCUT2D eigenvalue weighted by molar-refractivity contribution is -0.144. The smallest absolute Gasteiger partial charge is 0.323 e. The molecular weight excluding hydrogens is 194 g/mol. The van der Waals surface area contributed by atoms with E-state index in [1.165, 1.54) is 13.5 Å². The highest BCUT2D eigenvalue weighted by molar-refractivity contribution is 5.87. The first-order valence-corrected chi connectivity index (χ1v) is 5.51. The van der Waals surface area contributed by atoms with Gasteiger partial charge in [0, 0.05) is 12.3 Å². The SMILES string of the molecule is COC(=O)C(N)CC(=O)C1CCCCC1. The second-order valence-electron chi connectivity index (χ2n) is 4.14. The van der Waals surface area contributed by atoms with E-state index in [-0.39, 0.29) is 18.1 Å². The summed E-state index contributed by atoms with van der Waals surface area (Å²) in [5, 5.41) is 0. The molecule has 0 bridgehead atoms. The van der Waals surface area contributed by atoms with Gasteiger partial charge in [0.05, 0.1) is 7.11 Å². The first kappa shape index (κ1) is 12.2. The zero-order chi connectivity index (χ0) is 11.3. The minimum Gasteiger partial charge on any atom is -0.468 e. The lowest BCUT2D eigenvalue weighted by atomic mass is 9.84. The number of carbonyl (C=O) groups is 2. The third-order valence-electron chi connectivity index (χ3n) is 2.99. The van der Waals surface area contributed by atoms with E-state index in [0.717, 1.165) is 25.7 Å². The molecule has 1 unspecified atom stereocenters.